The van der Waals surface area contributed by atoms with E-state index in [1.165, 1.54) is 4.90 Å². The van der Waals surface area contributed by atoms with Crippen molar-refractivity contribution in [1.29, 1.82) is 0 Å². The van der Waals surface area contributed by atoms with Gasteiger partial charge in [0.05, 0.1) is 12.6 Å². The van der Waals surface area contributed by atoms with E-state index in [-0.39, 0.29) is 12.1 Å². The normalized spacial score (nSPS) is 15.7. The van der Waals surface area contributed by atoms with Gasteiger partial charge in [-0.05, 0) is 18.6 Å². The fraction of sp³-hybridized carbons (Fsp3) is 0.267. The molecule has 3 rings (SSSR count). The first-order valence-corrected chi connectivity index (χ1v) is 6.83. The molecule has 1 aromatic carbocycles. The zero-order chi connectivity index (χ0) is 14.7. The number of nitrogens with zero attached hydrogens (tertiary/aromatic N) is 3. The van der Waals surface area contributed by atoms with Crippen LogP contribution in [0, 0.1) is 0 Å². The van der Waals surface area contributed by atoms with Crippen molar-refractivity contribution >= 4 is 17.9 Å². The van der Waals surface area contributed by atoms with Crippen molar-refractivity contribution in [3.05, 3.63) is 48.2 Å². The van der Waals surface area contributed by atoms with Crippen molar-refractivity contribution in [2.75, 3.05) is 23.4 Å². The van der Waals surface area contributed by atoms with Crippen LogP contribution in [0.1, 0.15) is 18.5 Å². The number of benzene rings is 1. The number of rotatable bonds is 4. The Morgan fingerprint density at radius 2 is 2.10 bits per heavy atom. The number of nitrogens with one attached hydrogen (secondary N) is 1. The monoisotopic (exact) mass is 284 g/mol. The number of carbonyl (C=O) groups is 1. The molecule has 0 saturated carbocycles. The summed E-state index contributed by atoms with van der Waals surface area (Å²) in [5, 5.41) is 3.24. The second-order valence-electron chi connectivity index (χ2n) is 4.78. The zero-order valence-electron chi connectivity index (χ0n) is 11.7. The molecule has 1 amide bonds. The number of carbonyl (C=O) groups excluding carboxylic acids is 1. The Labute approximate surface area is 122 Å². The highest BCUT2D eigenvalue weighted by molar-refractivity contribution is 5.88. The van der Waals surface area contributed by atoms with Gasteiger partial charge < -0.3 is 10.1 Å². The van der Waals surface area contributed by atoms with Gasteiger partial charge in [-0.25, -0.2) is 9.78 Å². The number of hydrogen-bond acceptors (Lipinski definition) is 5. The molecule has 1 aliphatic rings. The lowest BCUT2D eigenvalue weighted by atomic mass is 10.1. The maximum atomic E-state index is 11.6. The summed E-state index contributed by atoms with van der Waals surface area (Å²) in [6.07, 6.45) is 1.27. The third-order valence-electron chi connectivity index (χ3n) is 3.32. The minimum absolute atomic E-state index is 0.0759. The van der Waals surface area contributed by atoms with Crippen LogP contribution in [-0.4, -0.2) is 29.2 Å². The number of amides is 1. The fourth-order valence-electron chi connectivity index (χ4n) is 2.19. The van der Waals surface area contributed by atoms with Crippen LogP contribution in [0.15, 0.2) is 42.6 Å². The van der Waals surface area contributed by atoms with Gasteiger partial charge in [0.2, 0.25) is 5.95 Å². The van der Waals surface area contributed by atoms with Crippen LogP contribution >= 0.6 is 0 Å². The summed E-state index contributed by atoms with van der Waals surface area (Å²) in [6.45, 7) is 2.95. The molecule has 0 aliphatic carbocycles. The van der Waals surface area contributed by atoms with E-state index in [0.717, 1.165) is 5.56 Å². The van der Waals surface area contributed by atoms with E-state index >= 15 is 0 Å². The number of cyclic esters (lactones) is 1. The molecule has 0 unspecified atom stereocenters. The molecule has 0 spiro atoms. The Morgan fingerprint density at radius 1 is 1.29 bits per heavy atom. The van der Waals surface area contributed by atoms with E-state index in [1.807, 2.05) is 37.3 Å². The molecule has 1 fully saturated rings. The molecule has 1 aromatic heterocycles. The van der Waals surface area contributed by atoms with Crippen molar-refractivity contribution in [1.82, 2.24) is 9.97 Å². The average Bonchev–Trinajstić information content (AvgIpc) is 2.94. The molecule has 21 heavy (non-hydrogen) atoms. The highest BCUT2D eigenvalue weighted by Gasteiger charge is 2.25. The molecular formula is C15H16N4O2. The summed E-state index contributed by atoms with van der Waals surface area (Å²) in [5.74, 6) is 1.04. The summed E-state index contributed by atoms with van der Waals surface area (Å²) in [6, 6.07) is 11.8. The van der Waals surface area contributed by atoms with Gasteiger partial charge in [-0.1, -0.05) is 30.3 Å². The lowest BCUT2D eigenvalue weighted by Crippen LogP contribution is -2.25. The highest BCUT2D eigenvalue weighted by atomic mass is 16.6. The molecule has 6 nitrogen and oxygen atoms in total. The summed E-state index contributed by atoms with van der Waals surface area (Å²) >= 11 is 0. The molecular weight excluding hydrogens is 268 g/mol. The fourth-order valence-corrected chi connectivity index (χ4v) is 2.19. The molecule has 108 valence electrons. The van der Waals surface area contributed by atoms with Gasteiger partial charge in [0.1, 0.15) is 12.4 Å². The van der Waals surface area contributed by atoms with E-state index in [9.17, 15) is 4.79 Å². The van der Waals surface area contributed by atoms with Gasteiger partial charge in [0.25, 0.3) is 0 Å². The van der Waals surface area contributed by atoms with Crippen LogP contribution in [-0.2, 0) is 4.74 Å². The molecule has 2 aromatic rings. The van der Waals surface area contributed by atoms with Gasteiger partial charge in [-0.2, -0.15) is 4.98 Å². The number of ether oxygens (including phenoxy) is 1. The average molecular weight is 284 g/mol. The maximum absolute atomic E-state index is 11.6. The minimum Gasteiger partial charge on any atom is -0.447 e. The third kappa shape index (κ3) is 2.94. The Morgan fingerprint density at radius 3 is 2.81 bits per heavy atom. The van der Waals surface area contributed by atoms with Crippen molar-refractivity contribution in [3.8, 4) is 0 Å². The maximum Gasteiger partial charge on any atom is 0.415 e. The minimum atomic E-state index is -0.365. The molecule has 0 bridgehead atoms. The number of anilines is 2. The molecule has 0 radical (unpaired) electrons. The number of hydrogen-bond donors (Lipinski definition) is 1. The molecule has 1 aliphatic heterocycles. The van der Waals surface area contributed by atoms with Crippen molar-refractivity contribution in [3.63, 3.8) is 0 Å². The zero-order valence-corrected chi connectivity index (χ0v) is 11.7. The second-order valence-corrected chi connectivity index (χ2v) is 4.78. The summed E-state index contributed by atoms with van der Waals surface area (Å²) in [7, 11) is 0. The number of aromatic nitrogens is 2. The van der Waals surface area contributed by atoms with Crippen molar-refractivity contribution < 1.29 is 9.53 Å². The van der Waals surface area contributed by atoms with E-state index in [1.54, 1.807) is 12.3 Å². The smallest absolute Gasteiger partial charge is 0.415 e. The Hall–Kier alpha value is -2.63. The van der Waals surface area contributed by atoms with E-state index in [0.29, 0.717) is 24.9 Å². The quantitative estimate of drug-likeness (QED) is 0.934. The van der Waals surface area contributed by atoms with Gasteiger partial charge in [-0.3, -0.25) is 4.90 Å². The predicted molar refractivity (Wildman–Crippen MR) is 79.2 cm³/mol. The highest BCUT2D eigenvalue weighted by Crippen LogP contribution is 2.20. The van der Waals surface area contributed by atoms with E-state index < -0.39 is 0 Å². The van der Waals surface area contributed by atoms with Crippen LogP contribution in [0.2, 0.25) is 0 Å². The molecule has 1 N–H and O–H groups in total. The van der Waals surface area contributed by atoms with E-state index in [4.69, 9.17) is 4.74 Å². The second kappa shape index (κ2) is 5.78. The van der Waals surface area contributed by atoms with Gasteiger partial charge in [0, 0.05) is 6.20 Å². The first kappa shape index (κ1) is 13.4. The lowest BCUT2D eigenvalue weighted by Gasteiger charge is -2.16. The Balaban J connectivity index is 1.76. The standard InChI is InChI=1S/C15H16N4O2/c1-11(12-5-3-2-4-6-12)17-14-16-8-7-13(18-14)19-9-10-21-15(19)20/h2-8,11H,9-10H2,1H3,(H,16,17,18)/t11-/m0/s1. The third-order valence-corrected chi connectivity index (χ3v) is 3.32. The Kier molecular flexibility index (Phi) is 3.68. The van der Waals surface area contributed by atoms with Crippen LogP contribution in [0.5, 0.6) is 0 Å². The molecule has 1 atom stereocenters. The first-order valence-electron chi connectivity index (χ1n) is 6.83. The van der Waals surface area contributed by atoms with Crippen LogP contribution in [0.4, 0.5) is 16.6 Å². The van der Waals surface area contributed by atoms with Crippen molar-refractivity contribution in [2.24, 2.45) is 0 Å². The predicted octanol–water partition coefficient (Wildman–Crippen LogP) is 2.61. The van der Waals surface area contributed by atoms with Crippen LogP contribution in [0.25, 0.3) is 0 Å². The van der Waals surface area contributed by atoms with Gasteiger partial charge in [0.15, 0.2) is 0 Å². The largest absolute Gasteiger partial charge is 0.447 e. The van der Waals surface area contributed by atoms with E-state index in [2.05, 4.69) is 15.3 Å². The molecule has 6 heteroatoms. The topological polar surface area (TPSA) is 67.3 Å². The lowest BCUT2D eigenvalue weighted by molar-refractivity contribution is 0.181. The summed E-state index contributed by atoms with van der Waals surface area (Å²) < 4.78 is 4.92. The van der Waals surface area contributed by atoms with Crippen molar-refractivity contribution in [2.45, 2.75) is 13.0 Å². The molecule has 1 saturated heterocycles. The van der Waals surface area contributed by atoms with Crippen LogP contribution < -0.4 is 10.2 Å². The SMILES string of the molecule is C[C@H](Nc1nccc(N2CCOC2=O)n1)c1ccccc1. The summed E-state index contributed by atoms with van der Waals surface area (Å²) in [4.78, 5) is 21.6. The first-order chi connectivity index (χ1) is 10.2. The van der Waals surface area contributed by atoms with Crippen LogP contribution in [0.3, 0.4) is 0 Å². The van der Waals surface area contributed by atoms with Gasteiger partial charge >= 0.3 is 6.09 Å². The summed E-state index contributed by atoms with van der Waals surface area (Å²) in [5.41, 5.74) is 1.15. The Bertz CT molecular complexity index is 633. The molecule has 2 heterocycles. The van der Waals surface area contributed by atoms with Gasteiger partial charge in [-0.15, -0.1) is 0 Å².